The number of Topliss-reactive ketones (excluding diaryl/α,β-unsaturated/α-hetero) is 1. The number of nitrogens with one attached hydrogen (secondary N) is 1. The molecule has 1 aliphatic carbocycles. The number of carbonyl (C=O) groups excluding carboxylic acids is 1. The molecule has 6 rings (SSSR count). The molecule has 1 spiro atoms. The Hall–Kier alpha value is -4.02. The van der Waals surface area contributed by atoms with E-state index in [1.807, 2.05) is 18.2 Å². The van der Waals surface area contributed by atoms with Gasteiger partial charge < -0.3 is 19.5 Å². The topological polar surface area (TPSA) is 110 Å². The van der Waals surface area contributed by atoms with Gasteiger partial charge in [-0.05, 0) is 69.5 Å². The van der Waals surface area contributed by atoms with Crippen molar-refractivity contribution in [3.05, 3.63) is 76.1 Å². The Kier molecular flexibility index (Phi) is 7.35. The Morgan fingerprint density at radius 2 is 1.95 bits per heavy atom. The Labute approximate surface area is 238 Å². The van der Waals surface area contributed by atoms with Crippen LogP contribution in [0.25, 0.3) is 10.9 Å². The van der Waals surface area contributed by atoms with Gasteiger partial charge >= 0.3 is 0 Å². The first kappa shape index (κ1) is 27.2. The van der Waals surface area contributed by atoms with Crippen molar-refractivity contribution in [3.63, 3.8) is 0 Å². The van der Waals surface area contributed by atoms with Gasteiger partial charge in [-0.15, -0.1) is 0 Å². The summed E-state index contributed by atoms with van der Waals surface area (Å²) in [6, 6.07) is 11.6. The van der Waals surface area contributed by atoms with Crippen LogP contribution >= 0.6 is 0 Å². The maximum atomic E-state index is 12.8. The molecule has 4 aromatic rings. The van der Waals surface area contributed by atoms with Crippen molar-refractivity contribution >= 4 is 16.7 Å². The van der Waals surface area contributed by atoms with Gasteiger partial charge in [0, 0.05) is 49.2 Å². The molecule has 10 nitrogen and oxygen atoms in total. The summed E-state index contributed by atoms with van der Waals surface area (Å²) < 4.78 is 21.1. The van der Waals surface area contributed by atoms with Crippen molar-refractivity contribution in [3.8, 4) is 17.2 Å². The van der Waals surface area contributed by atoms with E-state index in [-0.39, 0.29) is 28.9 Å². The van der Waals surface area contributed by atoms with Crippen LogP contribution in [0.5, 0.6) is 17.2 Å². The number of benzene rings is 1. The highest BCUT2D eigenvalue weighted by Crippen LogP contribution is 2.47. The van der Waals surface area contributed by atoms with Gasteiger partial charge in [0.15, 0.2) is 5.78 Å². The van der Waals surface area contributed by atoms with E-state index < -0.39 is 0 Å². The molecule has 1 unspecified atom stereocenters. The van der Waals surface area contributed by atoms with Gasteiger partial charge in [-0.25, -0.2) is 0 Å². The minimum Gasteiger partial charge on any atom is -0.493 e. The zero-order valence-electron chi connectivity index (χ0n) is 23.7. The van der Waals surface area contributed by atoms with Gasteiger partial charge in [0.25, 0.3) is 5.56 Å². The highest BCUT2D eigenvalue weighted by Gasteiger charge is 2.49. The number of aromatic nitrogens is 4. The molecule has 0 radical (unpaired) electrons. The van der Waals surface area contributed by atoms with E-state index >= 15 is 0 Å². The number of hydrogen-bond donors (Lipinski definition) is 1. The largest absolute Gasteiger partial charge is 0.493 e. The number of hydrogen-bond acceptors (Lipinski definition) is 8. The Bertz CT molecular complexity index is 1640. The molecule has 1 N–H and O–H groups in total. The second-order valence-corrected chi connectivity index (χ2v) is 11.0. The molecule has 1 aromatic carbocycles. The summed E-state index contributed by atoms with van der Waals surface area (Å²) in [6.45, 7) is 4.10. The number of nitrogens with zero attached hydrogens (tertiary/aromatic N) is 4. The standard InChI is InChI=1S/C31H35N5O5/c1-20-29(30(38)36(3)35(20)2)27(37)15-21-5-6-24(18-34-21)41-28-9-13-33-26-16-23(7-8-25(26)28)39-14-4-12-32-22-17-31(10-11-31)40-19-22/h5-9,13,16,18,22,32H,4,10-12,14-15,17,19H2,1-3H3. The van der Waals surface area contributed by atoms with Crippen LogP contribution in [0.1, 0.15) is 47.4 Å². The monoisotopic (exact) mass is 557 g/mol. The third kappa shape index (κ3) is 5.75. The number of ether oxygens (including phenoxy) is 3. The summed E-state index contributed by atoms with van der Waals surface area (Å²) >= 11 is 0. The normalized spacial score (nSPS) is 17.3. The molecule has 3 aromatic heterocycles. The lowest BCUT2D eigenvalue weighted by molar-refractivity contribution is 0.0886. The van der Waals surface area contributed by atoms with Gasteiger partial charge in [0.05, 0.1) is 36.9 Å². The molecule has 41 heavy (non-hydrogen) atoms. The van der Waals surface area contributed by atoms with Crippen molar-refractivity contribution in [2.45, 2.75) is 50.7 Å². The van der Waals surface area contributed by atoms with Gasteiger partial charge in [0.2, 0.25) is 0 Å². The summed E-state index contributed by atoms with van der Waals surface area (Å²) in [5, 5.41) is 4.43. The van der Waals surface area contributed by atoms with Crippen molar-refractivity contribution in [2.75, 3.05) is 19.8 Å². The van der Waals surface area contributed by atoms with E-state index in [1.54, 1.807) is 56.3 Å². The Morgan fingerprint density at radius 1 is 1.12 bits per heavy atom. The first-order chi connectivity index (χ1) is 19.8. The lowest BCUT2D eigenvalue weighted by Crippen LogP contribution is -2.31. The summed E-state index contributed by atoms with van der Waals surface area (Å²) in [5.74, 6) is 1.69. The van der Waals surface area contributed by atoms with E-state index in [9.17, 15) is 9.59 Å². The fraction of sp³-hybridized carbons (Fsp3) is 0.419. The summed E-state index contributed by atoms with van der Waals surface area (Å²) in [4.78, 5) is 34.1. The van der Waals surface area contributed by atoms with Crippen molar-refractivity contribution in [2.24, 2.45) is 14.1 Å². The molecule has 4 heterocycles. The molecule has 0 amide bonds. The third-order valence-electron chi connectivity index (χ3n) is 8.16. The summed E-state index contributed by atoms with van der Waals surface area (Å²) in [5.41, 5.74) is 2.08. The minimum absolute atomic E-state index is 0.0348. The Balaban J connectivity index is 1.03. The molecule has 10 heteroatoms. The summed E-state index contributed by atoms with van der Waals surface area (Å²) in [7, 11) is 3.39. The predicted molar refractivity (Wildman–Crippen MR) is 154 cm³/mol. The van der Waals surface area contributed by atoms with Crippen LogP contribution in [0.15, 0.2) is 53.6 Å². The molecule has 1 aliphatic heterocycles. The molecule has 0 bridgehead atoms. The van der Waals surface area contributed by atoms with Gasteiger partial charge in [0.1, 0.15) is 22.8 Å². The second-order valence-electron chi connectivity index (χ2n) is 11.0. The van der Waals surface area contributed by atoms with Crippen LogP contribution < -0.4 is 20.3 Å². The minimum atomic E-state index is -0.300. The van der Waals surface area contributed by atoms with Crippen LogP contribution in [0.3, 0.4) is 0 Å². The average molecular weight is 558 g/mol. The number of ketones is 1. The number of carbonyl (C=O) groups is 1. The van der Waals surface area contributed by atoms with Crippen LogP contribution in [-0.4, -0.2) is 56.5 Å². The zero-order chi connectivity index (χ0) is 28.6. The number of rotatable bonds is 11. The van der Waals surface area contributed by atoms with Crippen molar-refractivity contribution < 1.29 is 19.0 Å². The maximum Gasteiger partial charge on any atom is 0.277 e. The molecule has 1 atom stereocenters. The third-order valence-corrected chi connectivity index (χ3v) is 8.16. The lowest BCUT2D eigenvalue weighted by Gasteiger charge is -2.12. The van der Waals surface area contributed by atoms with Gasteiger partial charge in [-0.1, -0.05) is 0 Å². The van der Waals surface area contributed by atoms with E-state index in [1.165, 1.54) is 17.5 Å². The molecule has 1 saturated carbocycles. The smallest absolute Gasteiger partial charge is 0.277 e. The van der Waals surface area contributed by atoms with Crippen LogP contribution in [-0.2, 0) is 25.3 Å². The molecule has 2 aliphatic rings. The fourth-order valence-corrected chi connectivity index (χ4v) is 5.43. The highest BCUT2D eigenvalue weighted by molar-refractivity contribution is 5.98. The maximum absolute atomic E-state index is 12.8. The van der Waals surface area contributed by atoms with Crippen molar-refractivity contribution in [1.29, 1.82) is 0 Å². The fourth-order valence-electron chi connectivity index (χ4n) is 5.43. The molecular formula is C31H35N5O5. The summed E-state index contributed by atoms with van der Waals surface area (Å²) in [6.07, 6.45) is 7.78. The first-order valence-corrected chi connectivity index (χ1v) is 14.1. The van der Waals surface area contributed by atoms with Crippen LogP contribution in [0.4, 0.5) is 0 Å². The molecule has 2 fully saturated rings. The second kappa shape index (κ2) is 11.1. The van der Waals surface area contributed by atoms with E-state index in [4.69, 9.17) is 14.2 Å². The van der Waals surface area contributed by atoms with Crippen LogP contribution in [0, 0.1) is 6.92 Å². The molecular weight excluding hydrogens is 522 g/mol. The van der Waals surface area contributed by atoms with Crippen molar-refractivity contribution in [1.82, 2.24) is 24.6 Å². The molecule has 1 saturated heterocycles. The average Bonchev–Trinajstić information content (AvgIpc) is 3.57. The first-order valence-electron chi connectivity index (χ1n) is 14.1. The Morgan fingerprint density at radius 3 is 2.66 bits per heavy atom. The zero-order valence-corrected chi connectivity index (χ0v) is 23.7. The van der Waals surface area contributed by atoms with Gasteiger partial charge in [-0.3, -0.25) is 28.9 Å². The number of pyridine rings is 2. The lowest BCUT2D eigenvalue weighted by atomic mass is 10.1. The predicted octanol–water partition coefficient (Wildman–Crippen LogP) is 3.87. The van der Waals surface area contributed by atoms with E-state index in [2.05, 4.69) is 15.3 Å². The number of fused-ring (bicyclic) bond motifs is 1. The quantitative estimate of drug-likeness (QED) is 0.219. The highest BCUT2D eigenvalue weighted by atomic mass is 16.5. The van der Waals surface area contributed by atoms with Gasteiger partial charge in [-0.2, -0.15) is 0 Å². The SMILES string of the molecule is Cc1c(C(=O)Cc2ccc(Oc3ccnc4cc(OCCCNC5COC6(CC6)C5)ccc34)cn2)c(=O)n(C)n1C. The van der Waals surface area contributed by atoms with Crippen LogP contribution in [0.2, 0.25) is 0 Å². The van der Waals surface area contributed by atoms with E-state index in [0.29, 0.717) is 35.5 Å². The van der Waals surface area contributed by atoms with E-state index in [0.717, 1.165) is 42.6 Å². The molecule has 214 valence electrons.